The Bertz CT molecular complexity index is 321. The van der Waals surface area contributed by atoms with Crippen LogP contribution in [-0.4, -0.2) is 50.2 Å². The third-order valence-corrected chi connectivity index (χ3v) is 2.72. The van der Waals surface area contributed by atoms with Crippen LogP contribution in [0.4, 0.5) is 0 Å². The van der Waals surface area contributed by atoms with Crippen LogP contribution in [0.3, 0.4) is 0 Å². The zero-order valence-corrected chi connectivity index (χ0v) is 11.1. The molecular formula is C13H22N2O3. The van der Waals surface area contributed by atoms with Gasteiger partial charge in [0.05, 0.1) is 19.5 Å². The molecule has 0 unspecified atom stereocenters. The monoisotopic (exact) mass is 254 g/mol. The highest BCUT2D eigenvalue weighted by Gasteiger charge is 2.06. The maximum Gasteiger partial charge on any atom is 0.287 e. The van der Waals surface area contributed by atoms with Crippen LogP contribution in [0.15, 0.2) is 22.8 Å². The number of ether oxygens (including phenoxy) is 1. The van der Waals surface area contributed by atoms with Crippen LogP contribution < -0.4 is 5.32 Å². The first kappa shape index (κ1) is 14.7. The molecule has 5 heteroatoms. The molecule has 1 aromatic rings. The van der Waals surface area contributed by atoms with Crippen LogP contribution in [-0.2, 0) is 4.74 Å². The maximum absolute atomic E-state index is 11.5. The second kappa shape index (κ2) is 8.72. The van der Waals surface area contributed by atoms with Gasteiger partial charge in [-0.15, -0.1) is 0 Å². The lowest BCUT2D eigenvalue weighted by atomic mass is 10.4. The highest BCUT2D eigenvalue weighted by atomic mass is 16.5. The van der Waals surface area contributed by atoms with Crippen molar-refractivity contribution in [2.75, 3.05) is 39.4 Å². The minimum Gasteiger partial charge on any atom is -0.459 e. The molecular weight excluding hydrogens is 232 g/mol. The number of nitrogens with one attached hydrogen (secondary N) is 1. The first-order valence-corrected chi connectivity index (χ1v) is 6.39. The zero-order chi connectivity index (χ0) is 13.2. The Morgan fingerprint density at radius 1 is 1.39 bits per heavy atom. The summed E-state index contributed by atoms with van der Waals surface area (Å²) in [4.78, 5) is 13.8. The van der Waals surface area contributed by atoms with E-state index >= 15 is 0 Å². The van der Waals surface area contributed by atoms with Crippen LogP contribution in [0.25, 0.3) is 0 Å². The predicted molar refractivity (Wildman–Crippen MR) is 69.6 cm³/mol. The summed E-state index contributed by atoms with van der Waals surface area (Å²) in [6, 6.07) is 3.33. The third kappa shape index (κ3) is 5.33. The van der Waals surface area contributed by atoms with Crippen molar-refractivity contribution in [3.63, 3.8) is 0 Å². The molecule has 0 radical (unpaired) electrons. The van der Waals surface area contributed by atoms with Gasteiger partial charge in [0.25, 0.3) is 5.91 Å². The molecule has 102 valence electrons. The first-order valence-electron chi connectivity index (χ1n) is 6.39. The van der Waals surface area contributed by atoms with Gasteiger partial charge < -0.3 is 19.4 Å². The van der Waals surface area contributed by atoms with E-state index in [0.29, 0.717) is 25.5 Å². The fourth-order valence-electron chi connectivity index (χ4n) is 1.57. The van der Waals surface area contributed by atoms with Gasteiger partial charge >= 0.3 is 0 Å². The Hall–Kier alpha value is -1.33. The summed E-state index contributed by atoms with van der Waals surface area (Å²) in [5.41, 5.74) is 0. The fourth-order valence-corrected chi connectivity index (χ4v) is 1.57. The average molecular weight is 254 g/mol. The molecule has 18 heavy (non-hydrogen) atoms. The van der Waals surface area contributed by atoms with E-state index < -0.39 is 0 Å². The molecule has 5 nitrogen and oxygen atoms in total. The number of rotatable bonds is 9. The number of hydrogen-bond donors (Lipinski definition) is 1. The van der Waals surface area contributed by atoms with E-state index in [1.165, 1.54) is 6.26 Å². The molecule has 0 atom stereocenters. The Labute approximate surface area is 108 Å². The number of furan rings is 1. The number of hydrogen-bond acceptors (Lipinski definition) is 4. The average Bonchev–Trinajstić information content (AvgIpc) is 2.92. The van der Waals surface area contributed by atoms with Gasteiger partial charge in [0.15, 0.2) is 5.76 Å². The summed E-state index contributed by atoms with van der Waals surface area (Å²) in [5, 5.41) is 2.73. The molecule has 0 aliphatic rings. The topological polar surface area (TPSA) is 54.7 Å². The molecule has 0 bridgehead atoms. The summed E-state index contributed by atoms with van der Waals surface area (Å²) in [6.07, 6.45) is 1.48. The van der Waals surface area contributed by atoms with Gasteiger partial charge in [-0.05, 0) is 25.2 Å². The molecule has 0 aliphatic heterocycles. The van der Waals surface area contributed by atoms with Crippen molar-refractivity contribution in [1.29, 1.82) is 0 Å². The van der Waals surface area contributed by atoms with Crippen molar-refractivity contribution in [2.45, 2.75) is 13.8 Å². The Kier molecular flexibility index (Phi) is 7.13. The van der Waals surface area contributed by atoms with Crippen molar-refractivity contribution < 1.29 is 13.9 Å². The first-order chi connectivity index (χ1) is 8.77. The molecule has 0 fully saturated rings. The standard InChI is InChI=1S/C13H22N2O3/c1-3-15(4-2)8-11-17-10-7-14-13(16)12-6-5-9-18-12/h5-6,9H,3-4,7-8,10-11H2,1-2H3,(H,14,16). The molecule has 1 amide bonds. The van der Waals surface area contributed by atoms with E-state index in [0.717, 1.165) is 19.6 Å². The number of carbonyl (C=O) groups excluding carboxylic acids is 1. The zero-order valence-electron chi connectivity index (χ0n) is 11.1. The quantitative estimate of drug-likeness (QED) is 0.676. The van der Waals surface area contributed by atoms with Gasteiger partial charge in [0.1, 0.15) is 0 Å². The van der Waals surface area contributed by atoms with E-state index in [1.807, 2.05) is 0 Å². The number of nitrogens with zero attached hydrogens (tertiary/aromatic N) is 1. The summed E-state index contributed by atoms with van der Waals surface area (Å²) < 4.78 is 10.4. The summed E-state index contributed by atoms with van der Waals surface area (Å²) in [6.45, 7) is 8.98. The van der Waals surface area contributed by atoms with E-state index in [4.69, 9.17) is 9.15 Å². The number of carbonyl (C=O) groups is 1. The lowest BCUT2D eigenvalue weighted by Crippen LogP contribution is -2.30. The van der Waals surface area contributed by atoms with Gasteiger partial charge in [-0.3, -0.25) is 4.79 Å². The highest BCUT2D eigenvalue weighted by Crippen LogP contribution is 1.98. The molecule has 0 saturated carbocycles. The summed E-state index contributed by atoms with van der Waals surface area (Å²) in [5.74, 6) is 0.130. The SMILES string of the molecule is CCN(CC)CCOCCNC(=O)c1ccco1. The van der Waals surface area contributed by atoms with Crippen LogP contribution in [0.2, 0.25) is 0 Å². The minimum atomic E-state index is -0.202. The Morgan fingerprint density at radius 3 is 2.78 bits per heavy atom. The molecule has 1 N–H and O–H groups in total. The van der Waals surface area contributed by atoms with E-state index in [-0.39, 0.29) is 5.91 Å². The van der Waals surface area contributed by atoms with Crippen molar-refractivity contribution >= 4 is 5.91 Å². The van der Waals surface area contributed by atoms with Crippen LogP contribution in [0.1, 0.15) is 24.4 Å². The normalized spacial score (nSPS) is 10.8. The number of likely N-dealkylation sites (N-methyl/N-ethyl adjacent to an activating group) is 1. The molecule has 0 aliphatic carbocycles. The van der Waals surface area contributed by atoms with E-state index in [1.54, 1.807) is 12.1 Å². The number of amides is 1. The summed E-state index contributed by atoms with van der Waals surface area (Å²) >= 11 is 0. The van der Waals surface area contributed by atoms with Crippen molar-refractivity contribution in [1.82, 2.24) is 10.2 Å². The summed E-state index contributed by atoms with van der Waals surface area (Å²) in [7, 11) is 0. The van der Waals surface area contributed by atoms with Gasteiger partial charge in [-0.25, -0.2) is 0 Å². The molecule has 0 saturated heterocycles. The van der Waals surface area contributed by atoms with Crippen molar-refractivity contribution in [3.8, 4) is 0 Å². The molecule has 1 rings (SSSR count). The lowest BCUT2D eigenvalue weighted by Gasteiger charge is -2.17. The van der Waals surface area contributed by atoms with Crippen LogP contribution >= 0.6 is 0 Å². The second-order valence-corrected chi connectivity index (χ2v) is 3.87. The van der Waals surface area contributed by atoms with Crippen LogP contribution in [0, 0.1) is 0 Å². The molecule has 0 aromatic carbocycles. The van der Waals surface area contributed by atoms with Gasteiger partial charge in [0.2, 0.25) is 0 Å². The maximum atomic E-state index is 11.5. The molecule has 0 spiro atoms. The Balaban J connectivity index is 2.00. The minimum absolute atomic E-state index is 0.202. The second-order valence-electron chi connectivity index (χ2n) is 3.87. The van der Waals surface area contributed by atoms with Gasteiger partial charge in [0, 0.05) is 13.1 Å². The van der Waals surface area contributed by atoms with Gasteiger partial charge in [-0.1, -0.05) is 13.8 Å². The van der Waals surface area contributed by atoms with E-state index in [9.17, 15) is 4.79 Å². The molecule has 1 aromatic heterocycles. The fraction of sp³-hybridized carbons (Fsp3) is 0.615. The lowest BCUT2D eigenvalue weighted by molar-refractivity contribution is 0.0861. The smallest absolute Gasteiger partial charge is 0.287 e. The largest absolute Gasteiger partial charge is 0.459 e. The van der Waals surface area contributed by atoms with Crippen LogP contribution in [0.5, 0.6) is 0 Å². The highest BCUT2D eigenvalue weighted by molar-refractivity contribution is 5.91. The van der Waals surface area contributed by atoms with E-state index in [2.05, 4.69) is 24.1 Å². The molecule has 1 heterocycles. The van der Waals surface area contributed by atoms with Crippen molar-refractivity contribution in [3.05, 3.63) is 24.2 Å². The van der Waals surface area contributed by atoms with Gasteiger partial charge in [-0.2, -0.15) is 0 Å². The Morgan fingerprint density at radius 2 is 2.17 bits per heavy atom. The van der Waals surface area contributed by atoms with Crippen molar-refractivity contribution in [2.24, 2.45) is 0 Å². The predicted octanol–water partition coefficient (Wildman–Crippen LogP) is 1.37. The third-order valence-electron chi connectivity index (χ3n) is 2.72.